The average molecular weight is 68.1 g/mol. The molecule has 0 aromatic heterocycles. The van der Waals surface area contributed by atoms with Crippen molar-refractivity contribution >= 4 is 12.0 Å². The summed E-state index contributed by atoms with van der Waals surface area (Å²) in [6.45, 7) is 0. The van der Waals surface area contributed by atoms with Crippen molar-refractivity contribution in [2.45, 2.75) is 0 Å². The summed E-state index contributed by atoms with van der Waals surface area (Å²) in [6.07, 6.45) is 5.99. The molecule has 4 heavy (non-hydrogen) atoms. The van der Waals surface area contributed by atoms with Gasteiger partial charge in [-0.3, -0.25) is 0 Å². The van der Waals surface area contributed by atoms with E-state index in [1.807, 2.05) is 5.18 Å². The van der Waals surface area contributed by atoms with Gasteiger partial charge in [0.15, 0.2) is 0 Å². The van der Waals surface area contributed by atoms with E-state index in [4.69, 9.17) is 6.42 Å². The first-order chi connectivity index (χ1) is 1.91. The summed E-state index contributed by atoms with van der Waals surface area (Å²) < 4.78 is 0. The van der Waals surface area contributed by atoms with E-state index in [9.17, 15) is 0 Å². The average Bonchev–Trinajstić information content (AvgIpc) is 1.37. The van der Waals surface area contributed by atoms with Crippen LogP contribution >= 0.6 is 0 Å². The van der Waals surface area contributed by atoms with Crippen molar-refractivity contribution in [3.63, 3.8) is 0 Å². The van der Waals surface area contributed by atoms with Gasteiger partial charge in [-0.15, -0.1) is 0 Å². The Balaban J connectivity index is 3.14. The van der Waals surface area contributed by atoms with Crippen LogP contribution in [0.2, 0.25) is 0 Å². The van der Waals surface area contributed by atoms with Crippen LogP contribution in [0.3, 0.4) is 0 Å². The predicted molar refractivity (Wildman–Crippen MR) is 18.4 cm³/mol. The molecule has 0 aliphatic heterocycles. The van der Waals surface area contributed by atoms with Crippen LogP contribution in [0.25, 0.3) is 0 Å². The fourth-order valence-corrected chi connectivity index (χ4v) is 0. The van der Waals surface area contributed by atoms with E-state index < -0.39 is 0 Å². The van der Waals surface area contributed by atoms with Crippen LogP contribution in [0.4, 0.5) is 0 Å². The van der Waals surface area contributed by atoms with Gasteiger partial charge in [0.1, 0.15) is 0 Å². The molecule has 0 radical (unpaired) electrons. The summed E-state index contributed by atoms with van der Waals surface area (Å²) in [5.41, 5.74) is 0. The molecule has 0 saturated heterocycles. The molecule has 0 unspecified atom stereocenters. The van der Waals surface area contributed by atoms with Crippen LogP contribution in [0.15, 0.2) is 0 Å². The molecular weight excluding hydrogens is 68.1 g/mol. The van der Waals surface area contributed by atoms with Gasteiger partial charge >= 0.3 is 29.6 Å². The summed E-state index contributed by atoms with van der Waals surface area (Å²) in [6, 6.07) is 0. The molecule has 1 heteroatoms. The van der Waals surface area contributed by atoms with Gasteiger partial charge in [-0.05, 0) is 0 Å². The van der Waals surface area contributed by atoms with Crippen LogP contribution in [0, 0.1) is 17.5 Å². The van der Waals surface area contributed by atoms with Gasteiger partial charge in [-0.25, -0.2) is 0 Å². The molecule has 0 fully saturated rings. The molecule has 0 aromatic rings. The van der Waals surface area contributed by atoms with E-state index in [0.29, 0.717) is 0 Å². The zero-order valence-electron chi connectivity index (χ0n) is 1.91. The van der Waals surface area contributed by atoms with E-state index in [2.05, 4.69) is 12.0 Å². The minimum absolute atomic E-state index is 1.75. The van der Waals surface area contributed by atoms with Crippen molar-refractivity contribution in [1.82, 2.24) is 0 Å². The zero-order valence-corrected chi connectivity index (χ0v) is 2.72. The molecule has 0 atom stereocenters. The van der Waals surface area contributed by atoms with Crippen LogP contribution in [-0.2, 0) is 12.0 Å². The summed E-state index contributed by atoms with van der Waals surface area (Å²) in [7, 11) is 0. The van der Waals surface area contributed by atoms with Crippen LogP contribution in [0.5, 0.6) is 0 Å². The van der Waals surface area contributed by atoms with Crippen molar-refractivity contribution in [3.8, 4) is 11.1 Å². The van der Waals surface area contributed by atoms with Crippen LogP contribution in [0.1, 0.15) is 0 Å². The second-order valence-electron chi connectivity index (χ2n) is 0.227. The quantitative estimate of drug-likeness (QED) is 0.214. The Morgan fingerprint density at radius 2 is 2.00 bits per heavy atom. The SMILES string of the molecule is [C-]#CC#[S+]. The molecule has 0 heterocycles. The molecule has 0 aliphatic rings. The Morgan fingerprint density at radius 3 is 2.00 bits per heavy atom. The van der Waals surface area contributed by atoms with Crippen molar-refractivity contribution in [3.05, 3.63) is 6.42 Å². The second kappa shape index (κ2) is 2.69. The maximum atomic E-state index is 5.99. The van der Waals surface area contributed by atoms with Gasteiger partial charge in [-0.2, -0.15) is 0 Å². The van der Waals surface area contributed by atoms with Crippen molar-refractivity contribution in [2.24, 2.45) is 0 Å². The van der Waals surface area contributed by atoms with E-state index in [1.54, 1.807) is 5.92 Å². The third-order valence-electron chi connectivity index (χ3n) is 0.0510. The molecule has 0 aliphatic carbocycles. The first kappa shape index (κ1) is 3.69. The molecule has 0 rings (SSSR count). The molecule has 0 N–H and O–H groups in total. The van der Waals surface area contributed by atoms with E-state index in [0.717, 1.165) is 0 Å². The molecule has 0 saturated carbocycles. The van der Waals surface area contributed by atoms with Crippen molar-refractivity contribution < 1.29 is 0 Å². The van der Waals surface area contributed by atoms with E-state index in [-0.39, 0.29) is 0 Å². The Morgan fingerprint density at radius 1 is 1.75 bits per heavy atom. The first-order valence-corrected chi connectivity index (χ1v) is 1.11. The summed E-state index contributed by atoms with van der Waals surface area (Å²) in [5.74, 6) is 1.75. The van der Waals surface area contributed by atoms with Gasteiger partial charge in [0.2, 0.25) is 0 Å². The number of hydrogen-bond donors (Lipinski definition) is 0. The fraction of sp³-hybridized carbons (Fsp3) is 0. The molecular formula is C3S. The third-order valence-corrected chi connectivity index (χ3v) is 0.153. The van der Waals surface area contributed by atoms with Gasteiger partial charge in [0.05, 0.1) is 0 Å². The molecule has 0 nitrogen and oxygen atoms in total. The van der Waals surface area contributed by atoms with Crippen molar-refractivity contribution in [1.29, 1.82) is 0 Å². The fourth-order valence-electron chi connectivity index (χ4n) is 0. The van der Waals surface area contributed by atoms with Crippen LogP contribution < -0.4 is 0 Å². The van der Waals surface area contributed by atoms with Gasteiger partial charge < -0.3 is 0 Å². The van der Waals surface area contributed by atoms with Gasteiger partial charge in [0, 0.05) is 0 Å². The molecule has 0 aromatic carbocycles. The number of rotatable bonds is 0. The predicted octanol–water partition coefficient (Wildman–Crippen LogP) is 0.0823. The summed E-state index contributed by atoms with van der Waals surface area (Å²) >= 11 is 4.00. The second-order valence-corrected chi connectivity index (χ2v) is 0.431. The van der Waals surface area contributed by atoms with E-state index in [1.165, 1.54) is 0 Å². The number of hydrogen-bond acceptors (Lipinski definition) is 0. The Labute approximate surface area is 30.5 Å². The normalized spacial score (nSPS) is 2.50. The van der Waals surface area contributed by atoms with Crippen LogP contribution in [-0.4, -0.2) is 0 Å². The third kappa shape index (κ3) is 1.69. The zero-order chi connectivity index (χ0) is 3.41. The Kier molecular flexibility index (Phi) is 2.48. The van der Waals surface area contributed by atoms with Crippen molar-refractivity contribution in [2.75, 3.05) is 0 Å². The van der Waals surface area contributed by atoms with Gasteiger partial charge in [0.25, 0.3) is 0 Å². The Hall–Kier alpha value is -0.310. The molecule has 18 valence electrons. The monoisotopic (exact) mass is 68.0 g/mol. The first-order valence-electron chi connectivity index (χ1n) is 0.704. The topological polar surface area (TPSA) is 0 Å². The van der Waals surface area contributed by atoms with Gasteiger partial charge in [-0.1, -0.05) is 0 Å². The standard InChI is InChI=1S/C3S/c1-2-3-4. The Bertz CT molecular complexity index is 58.3. The summed E-state index contributed by atoms with van der Waals surface area (Å²) in [4.78, 5) is 0. The molecule has 0 bridgehead atoms. The minimum atomic E-state index is 1.75. The maximum absolute atomic E-state index is 5.99. The van der Waals surface area contributed by atoms with E-state index >= 15 is 0 Å². The molecule has 0 amide bonds. The molecule has 0 spiro atoms. The summed E-state index contributed by atoms with van der Waals surface area (Å²) in [5, 5.41) is 1.93.